The Labute approximate surface area is 125 Å². The SMILES string of the molecule is CC(C)c1ncc(NCCCN2CCCC2)c(C(=O)O)n1. The summed E-state index contributed by atoms with van der Waals surface area (Å²) < 4.78 is 0. The third-order valence-electron chi connectivity index (χ3n) is 3.69. The van der Waals surface area contributed by atoms with E-state index in [2.05, 4.69) is 20.2 Å². The van der Waals surface area contributed by atoms with Crippen LogP contribution in [0.5, 0.6) is 0 Å². The summed E-state index contributed by atoms with van der Waals surface area (Å²) in [5.74, 6) is -0.330. The third-order valence-corrected chi connectivity index (χ3v) is 3.69. The maximum Gasteiger partial charge on any atom is 0.356 e. The summed E-state index contributed by atoms with van der Waals surface area (Å²) in [6.07, 6.45) is 5.16. The topological polar surface area (TPSA) is 78.4 Å². The van der Waals surface area contributed by atoms with E-state index in [1.54, 1.807) is 6.20 Å². The Morgan fingerprint density at radius 1 is 1.43 bits per heavy atom. The molecule has 1 aliphatic heterocycles. The Morgan fingerprint density at radius 2 is 2.14 bits per heavy atom. The normalized spacial score (nSPS) is 15.6. The quantitative estimate of drug-likeness (QED) is 0.750. The molecule has 0 amide bonds. The van der Waals surface area contributed by atoms with Crippen molar-refractivity contribution in [3.8, 4) is 0 Å². The molecule has 116 valence electrons. The molecule has 1 saturated heterocycles. The largest absolute Gasteiger partial charge is 0.476 e. The second-order valence-electron chi connectivity index (χ2n) is 5.78. The monoisotopic (exact) mass is 292 g/mol. The highest BCUT2D eigenvalue weighted by atomic mass is 16.4. The molecule has 1 aromatic heterocycles. The predicted molar refractivity (Wildman–Crippen MR) is 81.9 cm³/mol. The molecule has 6 nitrogen and oxygen atoms in total. The molecule has 0 aromatic carbocycles. The van der Waals surface area contributed by atoms with Crippen LogP contribution in [0.3, 0.4) is 0 Å². The van der Waals surface area contributed by atoms with Gasteiger partial charge in [0.05, 0.1) is 11.9 Å². The zero-order valence-electron chi connectivity index (χ0n) is 12.8. The summed E-state index contributed by atoms with van der Waals surface area (Å²) >= 11 is 0. The van der Waals surface area contributed by atoms with Crippen LogP contribution in [0.1, 0.15) is 55.3 Å². The van der Waals surface area contributed by atoms with Crippen LogP contribution >= 0.6 is 0 Å². The van der Waals surface area contributed by atoms with Gasteiger partial charge in [0.1, 0.15) is 5.82 Å². The van der Waals surface area contributed by atoms with Crippen molar-refractivity contribution in [2.75, 3.05) is 31.5 Å². The first-order valence-corrected chi connectivity index (χ1v) is 7.64. The highest BCUT2D eigenvalue weighted by Gasteiger charge is 2.15. The second kappa shape index (κ2) is 7.36. The van der Waals surface area contributed by atoms with Gasteiger partial charge in [0, 0.05) is 12.5 Å². The Morgan fingerprint density at radius 3 is 2.76 bits per heavy atom. The van der Waals surface area contributed by atoms with E-state index < -0.39 is 5.97 Å². The van der Waals surface area contributed by atoms with Crippen LogP contribution in [-0.2, 0) is 0 Å². The zero-order valence-corrected chi connectivity index (χ0v) is 12.8. The minimum absolute atomic E-state index is 0.0647. The molecular formula is C15H24N4O2. The predicted octanol–water partition coefficient (Wildman–Crippen LogP) is 2.20. The van der Waals surface area contributed by atoms with Crippen molar-refractivity contribution >= 4 is 11.7 Å². The van der Waals surface area contributed by atoms with E-state index in [9.17, 15) is 9.90 Å². The maximum absolute atomic E-state index is 11.3. The standard InChI is InChI=1S/C15H24N4O2/c1-11(2)14-17-10-12(13(18-14)15(20)21)16-6-5-9-19-7-3-4-8-19/h10-11,16H,3-9H2,1-2H3,(H,20,21). The fraction of sp³-hybridized carbons (Fsp3) is 0.667. The summed E-state index contributed by atoms with van der Waals surface area (Å²) in [5, 5.41) is 12.4. The lowest BCUT2D eigenvalue weighted by Gasteiger charge is -2.15. The minimum Gasteiger partial charge on any atom is -0.476 e. The summed E-state index contributed by atoms with van der Waals surface area (Å²) in [5.41, 5.74) is 0.572. The first kappa shape index (κ1) is 15.7. The number of nitrogens with zero attached hydrogens (tertiary/aromatic N) is 3. The van der Waals surface area contributed by atoms with Crippen LogP contribution in [0.25, 0.3) is 0 Å². The lowest BCUT2D eigenvalue weighted by Crippen LogP contribution is -2.22. The van der Waals surface area contributed by atoms with Gasteiger partial charge >= 0.3 is 5.97 Å². The van der Waals surface area contributed by atoms with E-state index in [0.29, 0.717) is 11.5 Å². The van der Waals surface area contributed by atoms with Crippen molar-refractivity contribution in [1.29, 1.82) is 0 Å². The van der Waals surface area contributed by atoms with Crippen molar-refractivity contribution in [3.05, 3.63) is 17.7 Å². The molecule has 1 aromatic rings. The number of carbonyl (C=O) groups is 1. The van der Waals surface area contributed by atoms with Crippen LogP contribution in [0.4, 0.5) is 5.69 Å². The molecule has 1 aliphatic rings. The van der Waals surface area contributed by atoms with Crippen LogP contribution in [0.15, 0.2) is 6.20 Å². The number of carboxylic acids is 1. The minimum atomic E-state index is -1.01. The van der Waals surface area contributed by atoms with Gasteiger partial charge in [-0.2, -0.15) is 0 Å². The van der Waals surface area contributed by atoms with Crippen LogP contribution in [0.2, 0.25) is 0 Å². The smallest absolute Gasteiger partial charge is 0.356 e. The average molecular weight is 292 g/mol. The van der Waals surface area contributed by atoms with Crippen molar-refractivity contribution in [3.63, 3.8) is 0 Å². The highest BCUT2D eigenvalue weighted by Crippen LogP contribution is 2.16. The van der Waals surface area contributed by atoms with Crippen molar-refractivity contribution < 1.29 is 9.90 Å². The number of hydrogen-bond acceptors (Lipinski definition) is 5. The molecule has 0 bridgehead atoms. The fourth-order valence-electron chi connectivity index (χ4n) is 2.50. The molecule has 0 atom stereocenters. The number of aromatic carboxylic acids is 1. The molecule has 0 saturated carbocycles. The Kier molecular flexibility index (Phi) is 5.50. The molecule has 21 heavy (non-hydrogen) atoms. The zero-order chi connectivity index (χ0) is 15.2. The Balaban J connectivity index is 1.90. The Bertz CT molecular complexity index is 485. The summed E-state index contributed by atoms with van der Waals surface area (Å²) in [6.45, 7) is 8.06. The summed E-state index contributed by atoms with van der Waals surface area (Å²) in [7, 11) is 0. The van der Waals surface area contributed by atoms with Gasteiger partial charge in [-0.25, -0.2) is 14.8 Å². The second-order valence-corrected chi connectivity index (χ2v) is 5.78. The van der Waals surface area contributed by atoms with Gasteiger partial charge in [-0.3, -0.25) is 0 Å². The molecule has 2 heterocycles. The van der Waals surface area contributed by atoms with Crippen LogP contribution < -0.4 is 5.32 Å². The number of anilines is 1. The molecule has 6 heteroatoms. The molecule has 1 fully saturated rings. The van der Waals surface area contributed by atoms with Crippen LogP contribution in [0, 0.1) is 0 Å². The molecule has 0 unspecified atom stereocenters. The summed E-state index contributed by atoms with van der Waals surface area (Å²) in [6, 6.07) is 0. The molecule has 2 rings (SSSR count). The number of nitrogens with one attached hydrogen (secondary N) is 1. The van der Waals surface area contributed by atoms with Gasteiger partial charge in [-0.05, 0) is 38.9 Å². The number of rotatable bonds is 7. The third kappa shape index (κ3) is 4.39. The summed E-state index contributed by atoms with van der Waals surface area (Å²) in [4.78, 5) is 22.1. The van der Waals surface area contributed by atoms with Gasteiger partial charge in [-0.1, -0.05) is 13.8 Å². The van der Waals surface area contributed by atoms with Gasteiger partial charge < -0.3 is 15.3 Å². The first-order valence-electron chi connectivity index (χ1n) is 7.64. The van der Waals surface area contributed by atoms with E-state index in [0.717, 1.165) is 19.5 Å². The first-order chi connectivity index (χ1) is 10.1. The van der Waals surface area contributed by atoms with Crippen molar-refractivity contribution in [1.82, 2.24) is 14.9 Å². The van der Waals surface area contributed by atoms with Crippen molar-refractivity contribution in [2.24, 2.45) is 0 Å². The molecule has 0 radical (unpaired) electrons. The average Bonchev–Trinajstić information content (AvgIpc) is 2.96. The number of aromatic nitrogens is 2. The Hall–Kier alpha value is -1.69. The fourth-order valence-corrected chi connectivity index (χ4v) is 2.50. The van der Waals surface area contributed by atoms with Crippen LogP contribution in [-0.4, -0.2) is 52.1 Å². The lowest BCUT2D eigenvalue weighted by atomic mass is 10.2. The molecule has 0 spiro atoms. The van der Waals surface area contributed by atoms with E-state index in [4.69, 9.17) is 0 Å². The van der Waals surface area contributed by atoms with E-state index in [1.807, 2.05) is 13.8 Å². The van der Waals surface area contributed by atoms with Gasteiger partial charge in [0.15, 0.2) is 5.69 Å². The van der Waals surface area contributed by atoms with E-state index in [-0.39, 0.29) is 11.6 Å². The number of likely N-dealkylation sites (tertiary alicyclic amines) is 1. The van der Waals surface area contributed by atoms with E-state index in [1.165, 1.54) is 25.9 Å². The van der Waals surface area contributed by atoms with Gasteiger partial charge in [0.25, 0.3) is 0 Å². The van der Waals surface area contributed by atoms with Gasteiger partial charge in [0.2, 0.25) is 0 Å². The van der Waals surface area contributed by atoms with E-state index >= 15 is 0 Å². The molecular weight excluding hydrogens is 268 g/mol. The molecule has 2 N–H and O–H groups in total. The lowest BCUT2D eigenvalue weighted by molar-refractivity contribution is 0.0691. The van der Waals surface area contributed by atoms with Gasteiger partial charge in [-0.15, -0.1) is 0 Å². The van der Waals surface area contributed by atoms with Crippen molar-refractivity contribution in [2.45, 2.75) is 39.0 Å². The maximum atomic E-state index is 11.3. The highest BCUT2D eigenvalue weighted by molar-refractivity contribution is 5.91. The number of carboxylic acid groups (broad SMARTS) is 1. The molecule has 0 aliphatic carbocycles. The number of hydrogen-bond donors (Lipinski definition) is 2.